The van der Waals surface area contributed by atoms with Crippen LogP contribution in [0.15, 0.2) is 23.6 Å². The van der Waals surface area contributed by atoms with Crippen LogP contribution in [0.4, 0.5) is 5.69 Å². The van der Waals surface area contributed by atoms with Crippen LogP contribution in [0.3, 0.4) is 0 Å². The van der Waals surface area contributed by atoms with E-state index in [2.05, 4.69) is 10.3 Å². The molecule has 0 unspecified atom stereocenters. The minimum atomic E-state index is -0.127. The second-order valence-corrected chi connectivity index (χ2v) is 5.71. The highest BCUT2D eigenvalue weighted by Gasteiger charge is 2.16. The zero-order valence-corrected chi connectivity index (χ0v) is 12.5. The zero-order chi connectivity index (χ0) is 14.7. The molecule has 21 heavy (non-hydrogen) atoms. The summed E-state index contributed by atoms with van der Waals surface area (Å²) in [6.45, 7) is 0.823. The number of anilines is 1. The van der Waals surface area contributed by atoms with E-state index in [9.17, 15) is 4.79 Å². The van der Waals surface area contributed by atoms with Crippen molar-refractivity contribution < 1.29 is 14.3 Å². The molecular weight excluding hydrogens is 288 g/mol. The highest BCUT2D eigenvalue weighted by Crippen LogP contribution is 2.33. The van der Waals surface area contributed by atoms with E-state index in [-0.39, 0.29) is 12.5 Å². The van der Waals surface area contributed by atoms with Crippen molar-refractivity contribution in [1.82, 2.24) is 4.98 Å². The monoisotopic (exact) mass is 304 g/mol. The molecule has 110 valence electrons. The van der Waals surface area contributed by atoms with Crippen LogP contribution in [0.1, 0.15) is 11.4 Å². The second-order valence-electron chi connectivity index (χ2n) is 4.77. The summed E-state index contributed by atoms with van der Waals surface area (Å²) in [4.78, 5) is 16.0. The molecule has 0 fully saturated rings. The first-order valence-corrected chi connectivity index (χ1v) is 7.64. The first-order valence-electron chi connectivity index (χ1n) is 6.76. The lowest BCUT2D eigenvalue weighted by molar-refractivity contribution is -0.118. The lowest BCUT2D eigenvalue weighted by atomic mass is 10.1. The molecule has 1 amide bonds. The Bertz CT molecular complexity index is 654. The second kappa shape index (κ2) is 6.24. The van der Waals surface area contributed by atoms with E-state index in [1.165, 1.54) is 0 Å². The molecule has 3 rings (SSSR count). The van der Waals surface area contributed by atoms with Gasteiger partial charge in [-0.25, -0.2) is 4.98 Å². The van der Waals surface area contributed by atoms with Crippen molar-refractivity contribution >= 4 is 22.9 Å². The number of hydrogen-bond donors (Lipinski definition) is 1. The summed E-state index contributed by atoms with van der Waals surface area (Å²) in [6, 6.07) is 5.73. The van der Waals surface area contributed by atoms with Gasteiger partial charge >= 0.3 is 0 Å². The highest BCUT2D eigenvalue weighted by molar-refractivity contribution is 7.09. The molecule has 0 spiro atoms. The number of hydrogen-bond acceptors (Lipinski definition) is 5. The van der Waals surface area contributed by atoms with Crippen LogP contribution < -0.4 is 10.1 Å². The Hall–Kier alpha value is -1.92. The van der Waals surface area contributed by atoms with Gasteiger partial charge in [-0.2, -0.15) is 0 Å². The molecule has 0 atom stereocenters. The number of aryl methyl sites for hydroxylation is 1. The number of fused-ring (bicyclic) bond motifs is 1. The molecule has 6 heteroatoms. The van der Waals surface area contributed by atoms with Gasteiger partial charge in [0, 0.05) is 31.1 Å². The van der Waals surface area contributed by atoms with E-state index in [1.807, 2.05) is 23.6 Å². The van der Waals surface area contributed by atoms with Crippen molar-refractivity contribution in [3.05, 3.63) is 28.6 Å². The topological polar surface area (TPSA) is 60.5 Å². The van der Waals surface area contributed by atoms with Crippen LogP contribution in [0.25, 0.3) is 11.3 Å². The van der Waals surface area contributed by atoms with Gasteiger partial charge in [-0.15, -0.1) is 11.3 Å². The Labute approximate surface area is 126 Å². The van der Waals surface area contributed by atoms with Gasteiger partial charge in [-0.05, 0) is 24.6 Å². The largest absolute Gasteiger partial charge is 0.482 e. The molecule has 1 N–H and O–H groups in total. The molecule has 0 radical (unpaired) electrons. The normalized spacial score (nSPS) is 13.5. The Morgan fingerprint density at radius 1 is 1.48 bits per heavy atom. The third-order valence-corrected chi connectivity index (χ3v) is 4.11. The maximum atomic E-state index is 11.4. The van der Waals surface area contributed by atoms with Crippen molar-refractivity contribution in [2.75, 3.05) is 25.6 Å². The number of nitrogens with one attached hydrogen (secondary N) is 1. The smallest absolute Gasteiger partial charge is 0.262 e. The lowest BCUT2D eigenvalue weighted by Gasteiger charge is -2.18. The van der Waals surface area contributed by atoms with Crippen LogP contribution in [-0.4, -0.2) is 31.2 Å². The fourth-order valence-electron chi connectivity index (χ4n) is 2.17. The van der Waals surface area contributed by atoms with E-state index in [4.69, 9.17) is 9.47 Å². The average molecular weight is 304 g/mol. The maximum absolute atomic E-state index is 11.4. The van der Waals surface area contributed by atoms with Crippen molar-refractivity contribution in [2.45, 2.75) is 12.8 Å². The lowest BCUT2D eigenvalue weighted by Crippen LogP contribution is -2.25. The van der Waals surface area contributed by atoms with Crippen LogP contribution >= 0.6 is 11.3 Å². The first kappa shape index (κ1) is 14.0. The van der Waals surface area contributed by atoms with Gasteiger partial charge < -0.3 is 14.8 Å². The summed E-state index contributed by atoms with van der Waals surface area (Å²) in [5, 5.41) is 5.95. The minimum Gasteiger partial charge on any atom is -0.482 e. The molecule has 1 aromatic heterocycles. The fourth-order valence-corrected chi connectivity index (χ4v) is 3.02. The molecule has 2 heterocycles. The summed E-state index contributed by atoms with van der Waals surface area (Å²) in [7, 11) is 1.71. The summed E-state index contributed by atoms with van der Waals surface area (Å²) in [5.41, 5.74) is 2.61. The Morgan fingerprint density at radius 3 is 3.24 bits per heavy atom. The molecule has 0 saturated heterocycles. The van der Waals surface area contributed by atoms with Gasteiger partial charge in [-0.1, -0.05) is 0 Å². The van der Waals surface area contributed by atoms with E-state index in [0.717, 1.165) is 35.7 Å². The number of carbonyl (C=O) groups excluding carboxylic acids is 1. The number of carbonyl (C=O) groups is 1. The third-order valence-electron chi connectivity index (χ3n) is 3.20. The molecular formula is C15H16N2O3S. The average Bonchev–Trinajstić information content (AvgIpc) is 2.95. The number of aromatic nitrogens is 1. The number of benzene rings is 1. The van der Waals surface area contributed by atoms with Crippen molar-refractivity contribution in [3.8, 4) is 17.0 Å². The molecule has 0 saturated carbocycles. The van der Waals surface area contributed by atoms with Gasteiger partial charge in [0.2, 0.25) is 0 Å². The fraction of sp³-hybridized carbons (Fsp3) is 0.333. The van der Waals surface area contributed by atoms with Crippen LogP contribution in [-0.2, 0) is 16.0 Å². The Kier molecular flexibility index (Phi) is 4.17. The summed E-state index contributed by atoms with van der Waals surface area (Å²) >= 11 is 1.65. The number of amides is 1. The highest BCUT2D eigenvalue weighted by atomic mass is 32.1. The van der Waals surface area contributed by atoms with Gasteiger partial charge in [0.25, 0.3) is 5.91 Å². The van der Waals surface area contributed by atoms with Crippen LogP contribution in [0.5, 0.6) is 5.75 Å². The van der Waals surface area contributed by atoms with E-state index in [1.54, 1.807) is 18.4 Å². The van der Waals surface area contributed by atoms with Gasteiger partial charge in [0.15, 0.2) is 6.61 Å². The SMILES string of the molecule is COCCCc1nc(-c2ccc3c(c2)NC(=O)CO3)cs1. The molecule has 5 nitrogen and oxygen atoms in total. The van der Waals surface area contributed by atoms with Gasteiger partial charge in [0.05, 0.1) is 16.4 Å². The number of nitrogens with zero attached hydrogens (tertiary/aromatic N) is 1. The number of ether oxygens (including phenoxy) is 2. The van der Waals surface area contributed by atoms with Crippen LogP contribution in [0.2, 0.25) is 0 Å². The van der Waals surface area contributed by atoms with E-state index >= 15 is 0 Å². The summed E-state index contributed by atoms with van der Waals surface area (Å²) in [6.07, 6.45) is 1.89. The predicted octanol–water partition coefficient (Wildman–Crippen LogP) is 2.72. The standard InChI is InChI=1S/C15H16N2O3S/c1-19-6-2-3-15-17-12(9-21-15)10-4-5-13-11(7-10)16-14(18)8-20-13/h4-5,7,9H,2-3,6,8H2,1H3,(H,16,18). The number of methoxy groups -OCH3 is 1. The van der Waals surface area contributed by atoms with E-state index in [0.29, 0.717) is 11.4 Å². The molecule has 0 aliphatic carbocycles. The summed E-state index contributed by atoms with van der Waals surface area (Å²) < 4.78 is 10.4. The summed E-state index contributed by atoms with van der Waals surface area (Å²) in [5.74, 6) is 0.576. The Balaban J connectivity index is 1.78. The van der Waals surface area contributed by atoms with Gasteiger partial charge in [0.1, 0.15) is 5.75 Å². The van der Waals surface area contributed by atoms with Gasteiger partial charge in [-0.3, -0.25) is 4.79 Å². The predicted molar refractivity (Wildman–Crippen MR) is 81.9 cm³/mol. The number of thiazole rings is 1. The number of rotatable bonds is 5. The maximum Gasteiger partial charge on any atom is 0.262 e. The van der Waals surface area contributed by atoms with E-state index < -0.39 is 0 Å². The molecule has 1 aliphatic rings. The van der Waals surface area contributed by atoms with Crippen molar-refractivity contribution in [2.24, 2.45) is 0 Å². The van der Waals surface area contributed by atoms with Crippen LogP contribution in [0, 0.1) is 0 Å². The zero-order valence-electron chi connectivity index (χ0n) is 11.7. The molecule has 0 bridgehead atoms. The molecule has 2 aromatic rings. The van der Waals surface area contributed by atoms with Crippen molar-refractivity contribution in [1.29, 1.82) is 0 Å². The first-order chi connectivity index (χ1) is 10.3. The molecule has 1 aliphatic heterocycles. The van der Waals surface area contributed by atoms with Crippen molar-refractivity contribution in [3.63, 3.8) is 0 Å². The third kappa shape index (κ3) is 3.22. The Morgan fingerprint density at radius 2 is 2.38 bits per heavy atom. The molecule has 1 aromatic carbocycles. The minimum absolute atomic E-state index is 0.0761. The quantitative estimate of drug-likeness (QED) is 0.863.